The molecule has 2 unspecified atom stereocenters. The summed E-state index contributed by atoms with van der Waals surface area (Å²) in [7, 11) is 2.21. The fourth-order valence-electron chi connectivity index (χ4n) is 2.17. The molecule has 1 aliphatic heterocycles. The zero-order valence-electron chi connectivity index (χ0n) is 9.98. The molecule has 1 aromatic rings. The molecular formula is C12H20N2OS. The maximum Gasteiger partial charge on any atom is 0.122 e. The van der Waals surface area contributed by atoms with E-state index in [1.165, 1.54) is 11.5 Å². The van der Waals surface area contributed by atoms with Crippen LogP contribution in [-0.2, 0) is 0 Å². The SMILES string of the molecule is CCNC(c1ccco1)C1CSCCN1C. The number of hydrogen-bond acceptors (Lipinski definition) is 4. The first-order valence-electron chi connectivity index (χ1n) is 5.87. The van der Waals surface area contributed by atoms with Crippen molar-refractivity contribution in [2.75, 3.05) is 31.6 Å². The fraction of sp³-hybridized carbons (Fsp3) is 0.667. The molecule has 16 heavy (non-hydrogen) atoms. The Labute approximate surface area is 102 Å². The van der Waals surface area contributed by atoms with Crippen LogP contribution in [-0.4, -0.2) is 42.6 Å². The van der Waals surface area contributed by atoms with Gasteiger partial charge in [0.1, 0.15) is 5.76 Å². The van der Waals surface area contributed by atoms with Gasteiger partial charge in [-0.25, -0.2) is 0 Å². The van der Waals surface area contributed by atoms with Crippen LogP contribution in [0.1, 0.15) is 18.7 Å². The Balaban J connectivity index is 2.11. The predicted molar refractivity (Wildman–Crippen MR) is 68.9 cm³/mol. The summed E-state index contributed by atoms with van der Waals surface area (Å²) in [5.74, 6) is 3.47. The molecule has 0 aliphatic carbocycles. The Morgan fingerprint density at radius 3 is 3.19 bits per heavy atom. The molecule has 0 spiro atoms. The molecule has 1 aliphatic rings. The van der Waals surface area contributed by atoms with Gasteiger partial charge in [0.25, 0.3) is 0 Å². The normalized spacial score (nSPS) is 24.5. The van der Waals surface area contributed by atoms with Gasteiger partial charge in [0, 0.05) is 24.1 Å². The second kappa shape index (κ2) is 5.75. The third-order valence-electron chi connectivity index (χ3n) is 3.10. The minimum atomic E-state index is 0.317. The average Bonchev–Trinajstić information content (AvgIpc) is 2.80. The molecule has 2 rings (SSSR count). The van der Waals surface area contributed by atoms with Gasteiger partial charge in [-0.2, -0.15) is 11.8 Å². The first-order valence-corrected chi connectivity index (χ1v) is 7.03. The van der Waals surface area contributed by atoms with Gasteiger partial charge >= 0.3 is 0 Å². The molecule has 1 aromatic heterocycles. The molecule has 1 N–H and O–H groups in total. The minimum Gasteiger partial charge on any atom is -0.468 e. The highest BCUT2D eigenvalue weighted by Gasteiger charge is 2.30. The van der Waals surface area contributed by atoms with Gasteiger partial charge in [0.05, 0.1) is 12.3 Å². The van der Waals surface area contributed by atoms with Crippen molar-refractivity contribution in [1.82, 2.24) is 10.2 Å². The molecule has 2 heterocycles. The monoisotopic (exact) mass is 240 g/mol. The summed E-state index contributed by atoms with van der Waals surface area (Å²) in [6, 6.07) is 4.89. The lowest BCUT2D eigenvalue weighted by molar-refractivity contribution is 0.201. The molecular weight excluding hydrogens is 220 g/mol. The zero-order chi connectivity index (χ0) is 11.4. The third kappa shape index (κ3) is 2.62. The first kappa shape index (κ1) is 12.0. The summed E-state index contributed by atoms with van der Waals surface area (Å²) < 4.78 is 5.55. The molecule has 2 atom stereocenters. The molecule has 3 nitrogen and oxygen atoms in total. The maximum absolute atomic E-state index is 5.55. The van der Waals surface area contributed by atoms with Crippen LogP contribution in [0.5, 0.6) is 0 Å². The van der Waals surface area contributed by atoms with Gasteiger partial charge in [0.2, 0.25) is 0 Å². The smallest absolute Gasteiger partial charge is 0.122 e. The second-order valence-corrected chi connectivity index (χ2v) is 5.32. The summed E-state index contributed by atoms with van der Waals surface area (Å²) in [6.07, 6.45) is 1.76. The van der Waals surface area contributed by atoms with Crippen LogP contribution in [0.4, 0.5) is 0 Å². The third-order valence-corrected chi connectivity index (χ3v) is 4.15. The highest BCUT2D eigenvalue weighted by atomic mass is 32.2. The molecule has 1 saturated heterocycles. The van der Waals surface area contributed by atoms with Crippen LogP contribution in [0.25, 0.3) is 0 Å². The molecule has 0 amide bonds. The van der Waals surface area contributed by atoms with Gasteiger partial charge < -0.3 is 9.73 Å². The maximum atomic E-state index is 5.55. The molecule has 0 bridgehead atoms. The zero-order valence-corrected chi connectivity index (χ0v) is 10.8. The van der Waals surface area contributed by atoms with Crippen LogP contribution in [0, 0.1) is 0 Å². The lowest BCUT2D eigenvalue weighted by Gasteiger charge is -2.37. The van der Waals surface area contributed by atoms with E-state index >= 15 is 0 Å². The van der Waals surface area contributed by atoms with Crippen molar-refractivity contribution in [2.24, 2.45) is 0 Å². The van der Waals surface area contributed by atoms with Gasteiger partial charge in [-0.05, 0) is 25.7 Å². The standard InChI is InChI=1S/C12H20N2OS/c1-3-13-12(11-5-4-7-15-11)10-9-16-8-6-14(10)2/h4-5,7,10,12-13H,3,6,8-9H2,1-2H3. The lowest BCUT2D eigenvalue weighted by Crippen LogP contribution is -2.47. The summed E-state index contributed by atoms with van der Waals surface area (Å²) in [4.78, 5) is 2.44. The van der Waals surface area contributed by atoms with E-state index in [1.54, 1.807) is 6.26 Å². The van der Waals surface area contributed by atoms with Gasteiger partial charge in [0.15, 0.2) is 0 Å². The number of furan rings is 1. The molecule has 0 radical (unpaired) electrons. The fourth-order valence-corrected chi connectivity index (χ4v) is 3.44. The Kier molecular flexibility index (Phi) is 4.32. The van der Waals surface area contributed by atoms with E-state index in [4.69, 9.17) is 4.42 Å². The van der Waals surface area contributed by atoms with E-state index in [-0.39, 0.29) is 0 Å². The quantitative estimate of drug-likeness (QED) is 0.871. The number of rotatable bonds is 4. The van der Waals surface area contributed by atoms with Crippen LogP contribution in [0.3, 0.4) is 0 Å². The van der Waals surface area contributed by atoms with E-state index in [9.17, 15) is 0 Å². The van der Waals surface area contributed by atoms with Crippen molar-refractivity contribution in [2.45, 2.75) is 19.0 Å². The highest BCUT2D eigenvalue weighted by Crippen LogP contribution is 2.26. The first-order chi connectivity index (χ1) is 7.83. The van der Waals surface area contributed by atoms with Crippen LogP contribution >= 0.6 is 11.8 Å². The molecule has 0 aromatic carbocycles. The van der Waals surface area contributed by atoms with Crippen molar-refractivity contribution in [1.29, 1.82) is 0 Å². The number of nitrogens with one attached hydrogen (secondary N) is 1. The van der Waals surface area contributed by atoms with E-state index in [1.807, 2.05) is 17.8 Å². The number of thioether (sulfide) groups is 1. The molecule has 4 heteroatoms. The lowest BCUT2D eigenvalue weighted by atomic mass is 10.1. The molecule has 0 saturated carbocycles. The molecule has 1 fully saturated rings. The van der Waals surface area contributed by atoms with Gasteiger partial charge in [-0.15, -0.1) is 0 Å². The van der Waals surface area contributed by atoms with Gasteiger partial charge in [-0.1, -0.05) is 6.92 Å². The largest absolute Gasteiger partial charge is 0.468 e. The average molecular weight is 240 g/mol. The van der Waals surface area contributed by atoms with Gasteiger partial charge in [-0.3, -0.25) is 4.90 Å². The van der Waals surface area contributed by atoms with Crippen LogP contribution in [0.2, 0.25) is 0 Å². The number of hydrogen-bond donors (Lipinski definition) is 1. The second-order valence-electron chi connectivity index (χ2n) is 4.17. The van der Waals surface area contributed by atoms with Crippen molar-refractivity contribution in [3.63, 3.8) is 0 Å². The summed E-state index contributed by atoms with van der Waals surface area (Å²) in [5, 5.41) is 3.54. The van der Waals surface area contributed by atoms with E-state index in [0.717, 1.165) is 18.8 Å². The number of likely N-dealkylation sites (N-methyl/N-ethyl adjacent to an activating group) is 2. The topological polar surface area (TPSA) is 28.4 Å². The summed E-state index contributed by atoms with van der Waals surface area (Å²) >= 11 is 2.03. The number of nitrogens with zero attached hydrogens (tertiary/aromatic N) is 1. The van der Waals surface area contributed by atoms with E-state index < -0.39 is 0 Å². The van der Waals surface area contributed by atoms with E-state index in [0.29, 0.717) is 12.1 Å². The van der Waals surface area contributed by atoms with E-state index in [2.05, 4.69) is 30.3 Å². The Morgan fingerprint density at radius 1 is 1.69 bits per heavy atom. The minimum absolute atomic E-state index is 0.317. The summed E-state index contributed by atoms with van der Waals surface area (Å²) in [6.45, 7) is 4.28. The van der Waals surface area contributed by atoms with Crippen LogP contribution < -0.4 is 5.32 Å². The Bertz CT molecular complexity index is 302. The van der Waals surface area contributed by atoms with Crippen molar-refractivity contribution in [3.05, 3.63) is 24.2 Å². The summed E-state index contributed by atoms with van der Waals surface area (Å²) in [5.41, 5.74) is 0. The molecule has 90 valence electrons. The van der Waals surface area contributed by atoms with Crippen molar-refractivity contribution in [3.8, 4) is 0 Å². The highest BCUT2D eigenvalue weighted by molar-refractivity contribution is 7.99. The Morgan fingerprint density at radius 2 is 2.56 bits per heavy atom. The Hall–Kier alpha value is -0.450. The van der Waals surface area contributed by atoms with Crippen molar-refractivity contribution >= 4 is 11.8 Å². The van der Waals surface area contributed by atoms with Crippen LogP contribution in [0.15, 0.2) is 22.8 Å². The predicted octanol–water partition coefficient (Wildman–Crippen LogP) is 1.98. The van der Waals surface area contributed by atoms with Crippen molar-refractivity contribution < 1.29 is 4.42 Å².